The SMILES string of the molecule is N#Cc1cc(N)ccc1Oc1cc(Cl)cc(Cl)c1. The molecule has 0 aliphatic heterocycles. The van der Waals surface area contributed by atoms with Gasteiger partial charge in [0.25, 0.3) is 0 Å². The van der Waals surface area contributed by atoms with Gasteiger partial charge in [-0.1, -0.05) is 23.2 Å². The van der Waals surface area contributed by atoms with E-state index in [1.165, 1.54) is 0 Å². The molecule has 0 radical (unpaired) electrons. The first-order chi connectivity index (χ1) is 8.58. The summed E-state index contributed by atoms with van der Waals surface area (Å²) < 4.78 is 5.57. The Morgan fingerprint density at radius 3 is 2.33 bits per heavy atom. The maximum absolute atomic E-state index is 8.99. The van der Waals surface area contributed by atoms with Gasteiger partial charge in [0.2, 0.25) is 0 Å². The summed E-state index contributed by atoms with van der Waals surface area (Å²) in [5.41, 5.74) is 6.45. The molecule has 0 aliphatic carbocycles. The van der Waals surface area contributed by atoms with Gasteiger partial charge in [-0.25, -0.2) is 0 Å². The Morgan fingerprint density at radius 1 is 1.06 bits per heavy atom. The van der Waals surface area contributed by atoms with E-state index in [1.54, 1.807) is 36.4 Å². The van der Waals surface area contributed by atoms with Crippen molar-refractivity contribution < 1.29 is 4.74 Å². The Balaban J connectivity index is 2.37. The van der Waals surface area contributed by atoms with Crippen LogP contribution in [-0.4, -0.2) is 0 Å². The Morgan fingerprint density at radius 2 is 1.72 bits per heavy atom. The van der Waals surface area contributed by atoms with Crippen molar-refractivity contribution in [2.75, 3.05) is 5.73 Å². The van der Waals surface area contributed by atoms with Crippen LogP contribution in [-0.2, 0) is 0 Å². The quantitative estimate of drug-likeness (QED) is 0.836. The number of nitrogens with two attached hydrogens (primary N) is 1. The molecule has 0 spiro atoms. The Labute approximate surface area is 114 Å². The van der Waals surface area contributed by atoms with Crippen LogP contribution >= 0.6 is 23.2 Å². The maximum atomic E-state index is 8.99. The molecule has 0 fully saturated rings. The topological polar surface area (TPSA) is 59.0 Å². The zero-order chi connectivity index (χ0) is 13.1. The van der Waals surface area contributed by atoms with Gasteiger partial charge in [0.1, 0.15) is 17.6 Å². The van der Waals surface area contributed by atoms with Crippen molar-refractivity contribution in [3.63, 3.8) is 0 Å². The summed E-state index contributed by atoms with van der Waals surface area (Å²) in [5, 5.41) is 9.92. The average molecular weight is 279 g/mol. The van der Waals surface area contributed by atoms with Crippen LogP contribution in [0.25, 0.3) is 0 Å². The second-order valence-corrected chi connectivity index (χ2v) is 4.45. The highest BCUT2D eigenvalue weighted by molar-refractivity contribution is 6.34. The van der Waals surface area contributed by atoms with E-state index in [9.17, 15) is 0 Å². The molecule has 5 heteroatoms. The van der Waals surface area contributed by atoms with E-state index < -0.39 is 0 Å². The first-order valence-electron chi connectivity index (χ1n) is 5.02. The van der Waals surface area contributed by atoms with Crippen LogP contribution in [0.15, 0.2) is 36.4 Å². The molecule has 0 aromatic heterocycles. The number of anilines is 1. The fraction of sp³-hybridized carbons (Fsp3) is 0. The lowest BCUT2D eigenvalue weighted by Gasteiger charge is -2.08. The highest BCUT2D eigenvalue weighted by Gasteiger charge is 2.06. The second kappa shape index (κ2) is 5.18. The Hall–Kier alpha value is -1.89. The minimum atomic E-state index is 0.353. The molecule has 2 N–H and O–H groups in total. The van der Waals surface area contributed by atoms with Gasteiger partial charge >= 0.3 is 0 Å². The van der Waals surface area contributed by atoms with Gasteiger partial charge in [-0.15, -0.1) is 0 Å². The number of hydrogen-bond donors (Lipinski definition) is 1. The van der Waals surface area contributed by atoms with Gasteiger partial charge in [-0.2, -0.15) is 5.26 Å². The van der Waals surface area contributed by atoms with E-state index in [0.717, 1.165) is 0 Å². The lowest BCUT2D eigenvalue weighted by molar-refractivity contribution is 0.481. The normalized spacial score (nSPS) is 9.83. The van der Waals surface area contributed by atoms with Crippen LogP contribution in [0.1, 0.15) is 5.56 Å². The van der Waals surface area contributed by atoms with Crippen LogP contribution in [0.4, 0.5) is 5.69 Å². The first kappa shape index (κ1) is 12.6. The van der Waals surface area contributed by atoms with E-state index in [0.29, 0.717) is 32.8 Å². The zero-order valence-corrected chi connectivity index (χ0v) is 10.7. The summed E-state index contributed by atoms with van der Waals surface area (Å²) >= 11 is 11.7. The number of rotatable bonds is 2. The number of nitrogen functional groups attached to an aromatic ring is 1. The molecule has 2 rings (SSSR count). The third-order valence-electron chi connectivity index (χ3n) is 2.19. The fourth-order valence-corrected chi connectivity index (χ4v) is 1.94. The molecule has 0 heterocycles. The zero-order valence-electron chi connectivity index (χ0n) is 9.15. The van der Waals surface area contributed by atoms with Gasteiger partial charge in [-0.05, 0) is 36.4 Å². The number of ether oxygens (including phenoxy) is 1. The van der Waals surface area contributed by atoms with E-state index in [1.807, 2.05) is 6.07 Å². The summed E-state index contributed by atoms with van der Waals surface area (Å²) in [5.74, 6) is 0.874. The molecule has 2 aromatic rings. The second-order valence-electron chi connectivity index (χ2n) is 3.57. The number of nitriles is 1. The lowest BCUT2D eigenvalue weighted by Crippen LogP contribution is -1.91. The number of halogens is 2. The third kappa shape index (κ3) is 2.86. The average Bonchev–Trinajstić information content (AvgIpc) is 2.30. The number of hydrogen-bond acceptors (Lipinski definition) is 3. The first-order valence-corrected chi connectivity index (χ1v) is 5.77. The van der Waals surface area contributed by atoms with Gasteiger partial charge in [-0.3, -0.25) is 0 Å². The van der Waals surface area contributed by atoms with Gasteiger partial charge < -0.3 is 10.5 Å². The molecule has 0 amide bonds. The molecule has 18 heavy (non-hydrogen) atoms. The summed E-state index contributed by atoms with van der Waals surface area (Å²) in [7, 11) is 0. The Kier molecular flexibility index (Phi) is 3.61. The number of nitrogens with zero attached hydrogens (tertiary/aromatic N) is 1. The Bertz CT molecular complexity index is 615. The van der Waals surface area contributed by atoms with Gasteiger partial charge in [0.05, 0.1) is 5.56 Å². The number of benzene rings is 2. The molecule has 2 aromatic carbocycles. The summed E-state index contributed by atoms with van der Waals surface area (Å²) in [6.45, 7) is 0. The summed E-state index contributed by atoms with van der Waals surface area (Å²) in [6.07, 6.45) is 0. The van der Waals surface area contributed by atoms with Crippen molar-refractivity contribution in [2.24, 2.45) is 0 Å². The van der Waals surface area contributed by atoms with Crippen LogP contribution in [0, 0.1) is 11.3 Å². The van der Waals surface area contributed by atoms with E-state index in [-0.39, 0.29) is 0 Å². The van der Waals surface area contributed by atoms with Crippen LogP contribution in [0.3, 0.4) is 0 Å². The van der Waals surface area contributed by atoms with Gasteiger partial charge in [0, 0.05) is 15.7 Å². The molecule has 90 valence electrons. The van der Waals surface area contributed by atoms with E-state index >= 15 is 0 Å². The summed E-state index contributed by atoms with van der Waals surface area (Å²) in [4.78, 5) is 0. The van der Waals surface area contributed by atoms with Crippen LogP contribution in [0.5, 0.6) is 11.5 Å². The molecular weight excluding hydrogens is 271 g/mol. The van der Waals surface area contributed by atoms with Gasteiger partial charge in [0.15, 0.2) is 0 Å². The molecule has 0 bridgehead atoms. The lowest BCUT2D eigenvalue weighted by atomic mass is 10.2. The monoisotopic (exact) mass is 278 g/mol. The smallest absolute Gasteiger partial charge is 0.145 e. The molecule has 3 nitrogen and oxygen atoms in total. The van der Waals surface area contributed by atoms with E-state index in [2.05, 4.69) is 0 Å². The third-order valence-corrected chi connectivity index (χ3v) is 2.62. The predicted octanol–water partition coefficient (Wildman–Crippen LogP) is 4.24. The highest BCUT2D eigenvalue weighted by Crippen LogP contribution is 2.30. The summed E-state index contributed by atoms with van der Waals surface area (Å²) in [6, 6.07) is 11.7. The molecule has 0 aliphatic rings. The van der Waals surface area contributed by atoms with Crippen molar-refractivity contribution in [1.82, 2.24) is 0 Å². The minimum absolute atomic E-state index is 0.353. The van der Waals surface area contributed by atoms with Crippen LogP contribution in [0.2, 0.25) is 10.0 Å². The molecule has 0 saturated carbocycles. The van der Waals surface area contributed by atoms with Crippen LogP contribution < -0.4 is 10.5 Å². The molecule has 0 unspecified atom stereocenters. The molecule has 0 atom stereocenters. The predicted molar refractivity (Wildman–Crippen MR) is 72.1 cm³/mol. The van der Waals surface area contributed by atoms with Crippen molar-refractivity contribution >= 4 is 28.9 Å². The van der Waals surface area contributed by atoms with E-state index in [4.69, 9.17) is 38.9 Å². The van der Waals surface area contributed by atoms with Crippen molar-refractivity contribution in [2.45, 2.75) is 0 Å². The highest BCUT2D eigenvalue weighted by atomic mass is 35.5. The molecular formula is C13H8Cl2N2O. The molecule has 0 saturated heterocycles. The minimum Gasteiger partial charge on any atom is -0.456 e. The van der Waals surface area contributed by atoms with Crippen molar-refractivity contribution in [1.29, 1.82) is 5.26 Å². The largest absolute Gasteiger partial charge is 0.456 e. The van der Waals surface area contributed by atoms with Crippen molar-refractivity contribution in [3.05, 3.63) is 52.0 Å². The fourth-order valence-electron chi connectivity index (χ4n) is 1.44. The standard InChI is InChI=1S/C13H8Cl2N2O/c14-9-4-10(15)6-12(5-9)18-13-2-1-11(17)3-8(13)7-16/h1-6H,17H2. The maximum Gasteiger partial charge on any atom is 0.145 e. The van der Waals surface area contributed by atoms with Crippen molar-refractivity contribution in [3.8, 4) is 17.6 Å².